The van der Waals surface area contributed by atoms with Gasteiger partial charge in [-0.25, -0.2) is 4.39 Å². The monoisotopic (exact) mass is 272 g/mol. The van der Waals surface area contributed by atoms with Crippen LogP contribution in [0.2, 0.25) is 18.1 Å². The van der Waals surface area contributed by atoms with Gasteiger partial charge in [0.25, 0.3) is 0 Å². The fourth-order valence-corrected chi connectivity index (χ4v) is 6.18. The van der Waals surface area contributed by atoms with Crippen molar-refractivity contribution >= 4 is 13.3 Å². The van der Waals surface area contributed by atoms with Crippen molar-refractivity contribution in [2.75, 3.05) is 6.61 Å². The third-order valence-electron chi connectivity index (χ3n) is 3.95. The molecule has 18 heavy (non-hydrogen) atoms. The topological polar surface area (TPSA) is 9.23 Å². The zero-order valence-electron chi connectivity index (χ0n) is 11.6. The molecule has 0 amide bonds. The van der Waals surface area contributed by atoms with Gasteiger partial charge in [0.15, 0.2) is 17.4 Å². The lowest BCUT2D eigenvalue weighted by Gasteiger charge is -2.29. The highest BCUT2D eigenvalue weighted by molar-refractivity contribution is 6.91. The van der Waals surface area contributed by atoms with Gasteiger partial charge in [-0.3, -0.25) is 0 Å². The summed E-state index contributed by atoms with van der Waals surface area (Å²) in [4.78, 5) is 0. The van der Waals surface area contributed by atoms with Crippen LogP contribution in [0.15, 0.2) is 12.1 Å². The van der Waals surface area contributed by atoms with Gasteiger partial charge < -0.3 is 4.74 Å². The fraction of sp³-hybridized carbons (Fsp3) is 0.571. The number of benzene rings is 1. The molecular weight excluding hydrogens is 250 g/mol. The number of hydrogen-bond donors (Lipinski definition) is 0. The van der Waals surface area contributed by atoms with Crippen LogP contribution < -0.4 is 9.92 Å². The molecule has 0 radical (unpaired) electrons. The van der Waals surface area contributed by atoms with Crippen molar-refractivity contribution in [3.8, 4) is 5.75 Å². The van der Waals surface area contributed by atoms with Crippen LogP contribution in [-0.4, -0.2) is 14.7 Å². The van der Waals surface area contributed by atoms with E-state index < -0.39 is 19.7 Å². The molecule has 1 rings (SSSR count). The van der Waals surface area contributed by atoms with Gasteiger partial charge in [-0.1, -0.05) is 45.0 Å². The summed E-state index contributed by atoms with van der Waals surface area (Å²) < 4.78 is 33.2. The minimum atomic E-state index is -1.89. The van der Waals surface area contributed by atoms with Crippen molar-refractivity contribution in [3.05, 3.63) is 23.8 Å². The van der Waals surface area contributed by atoms with Gasteiger partial charge in [-0.2, -0.15) is 4.39 Å². The van der Waals surface area contributed by atoms with E-state index in [0.29, 0.717) is 11.8 Å². The lowest BCUT2D eigenvalue weighted by Crippen LogP contribution is -2.47. The van der Waals surface area contributed by atoms with E-state index in [-0.39, 0.29) is 5.75 Å². The Morgan fingerprint density at radius 3 is 1.94 bits per heavy atom. The molecule has 1 aromatic carbocycles. The van der Waals surface area contributed by atoms with Crippen molar-refractivity contribution in [2.45, 2.75) is 45.8 Å². The van der Waals surface area contributed by atoms with Crippen LogP contribution in [0.5, 0.6) is 5.75 Å². The van der Waals surface area contributed by atoms with Gasteiger partial charge in [-0.15, -0.1) is 0 Å². The van der Waals surface area contributed by atoms with Gasteiger partial charge in [-0.05, 0) is 18.2 Å². The molecule has 0 heterocycles. The molecule has 0 aliphatic rings. The smallest absolute Gasteiger partial charge is 0.200 e. The first-order valence-electron chi connectivity index (χ1n) is 6.67. The maximum Gasteiger partial charge on any atom is 0.200 e. The highest BCUT2D eigenvalue weighted by Gasteiger charge is 2.33. The van der Waals surface area contributed by atoms with E-state index in [2.05, 4.69) is 20.8 Å². The molecule has 0 spiro atoms. The summed E-state index contributed by atoms with van der Waals surface area (Å²) in [6.45, 7) is 8.33. The van der Waals surface area contributed by atoms with E-state index in [9.17, 15) is 8.78 Å². The number of rotatable bonds is 6. The lowest BCUT2D eigenvalue weighted by molar-refractivity contribution is 0.314. The van der Waals surface area contributed by atoms with Crippen LogP contribution >= 0.6 is 0 Å². The molecule has 102 valence electrons. The summed E-state index contributed by atoms with van der Waals surface area (Å²) in [5.41, 5.74) is 0. The quantitative estimate of drug-likeness (QED) is 0.709. The van der Waals surface area contributed by atoms with E-state index in [0.717, 1.165) is 18.1 Å². The zero-order chi connectivity index (χ0) is 13.8. The van der Waals surface area contributed by atoms with Crippen molar-refractivity contribution in [3.63, 3.8) is 0 Å². The van der Waals surface area contributed by atoms with E-state index in [4.69, 9.17) is 4.74 Å². The third kappa shape index (κ3) is 2.58. The maximum absolute atomic E-state index is 14.2. The summed E-state index contributed by atoms with van der Waals surface area (Å²) in [6.07, 6.45) is 0. The molecule has 0 aromatic heterocycles. The van der Waals surface area contributed by atoms with Gasteiger partial charge in [0.1, 0.15) is 0 Å². The maximum atomic E-state index is 14.2. The molecule has 0 aliphatic heterocycles. The Bertz CT molecular complexity index is 395. The predicted octanol–water partition coefficient (Wildman–Crippen LogP) is 4.08. The first kappa shape index (κ1) is 15.2. The summed E-state index contributed by atoms with van der Waals surface area (Å²) in [5.74, 6) is -1.51. The van der Waals surface area contributed by atoms with Gasteiger partial charge in [0.2, 0.25) is 0 Å². The second kappa shape index (κ2) is 6.32. The lowest BCUT2D eigenvalue weighted by atomic mass is 10.3. The Kier molecular flexibility index (Phi) is 5.32. The molecular formula is C14H22F2OSi. The first-order chi connectivity index (χ1) is 8.56. The van der Waals surface area contributed by atoms with Crippen LogP contribution in [0.1, 0.15) is 27.7 Å². The normalized spacial score (nSPS) is 11.7. The van der Waals surface area contributed by atoms with E-state index in [1.54, 1.807) is 19.1 Å². The second-order valence-corrected chi connectivity index (χ2v) is 9.73. The number of hydrogen-bond acceptors (Lipinski definition) is 1. The van der Waals surface area contributed by atoms with Crippen LogP contribution in [0.25, 0.3) is 0 Å². The predicted molar refractivity (Wildman–Crippen MR) is 74.4 cm³/mol. The molecule has 0 saturated heterocycles. The molecule has 0 unspecified atom stereocenters. The average Bonchev–Trinajstić information content (AvgIpc) is 2.40. The van der Waals surface area contributed by atoms with Crippen molar-refractivity contribution in [1.29, 1.82) is 0 Å². The Labute approximate surface area is 109 Å². The van der Waals surface area contributed by atoms with Gasteiger partial charge >= 0.3 is 0 Å². The Balaban J connectivity index is 3.30. The Hall–Kier alpha value is -0.903. The van der Waals surface area contributed by atoms with E-state index in [1.165, 1.54) is 0 Å². The molecule has 0 N–H and O–H groups in total. The highest BCUT2D eigenvalue weighted by Crippen LogP contribution is 2.25. The molecule has 1 nitrogen and oxygen atoms in total. The summed E-state index contributed by atoms with van der Waals surface area (Å²) in [7, 11) is -1.89. The first-order valence-corrected chi connectivity index (χ1v) is 9.29. The van der Waals surface area contributed by atoms with Crippen molar-refractivity contribution in [1.82, 2.24) is 0 Å². The van der Waals surface area contributed by atoms with Crippen molar-refractivity contribution < 1.29 is 13.5 Å². The summed E-state index contributed by atoms with van der Waals surface area (Å²) in [5, 5.41) is 0.607. The zero-order valence-corrected chi connectivity index (χ0v) is 12.6. The minimum absolute atomic E-state index is 0.0185. The largest absolute Gasteiger partial charge is 0.491 e. The molecule has 0 bridgehead atoms. The van der Waals surface area contributed by atoms with Crippen molar-refractivity contribution in [2.24, 2.45) is 0 Å². The molecule has 0 saturated carbocycles. The third-order valence-corrected chi connectivity index (χ3v) is 9.54. The Morgan fingerprint density at radius 2 is 1.50 bits per heavy atom. The minimum Gasteiger partial charge on any atom is -0.491 e. The number of ether oxygens (including phenoxy) is 1. The fourth-order valence-electron chi connectivity index (χ4n) is 2.53. The molecule has 4 heteroatoms. The highest BCUT2D eigenvalue weighted by atomic mass is 28.3. The van der Waals surface area contributed by atoms with E-state index >= 15 is 0 Å². The number of halogens is 2. The second-order valence-electron chi connectivity index (χ2n) is 4.51. The SMILES string of the molecule is CCOc1ccc([Si](CC)(CC)CC)c(F)c1F. The van der Waals surface area contributed by atoms with Crippen LogP contribution in [0.3, 0.4) is 0 Å². The van der Waals surface area contributed by atoms with E-state index in [1.807, 2.05) is 0 Å². The van der Waals surface area contributed by atoms with Crippen LogP contribution in [-0.2, 0) is 0 Å². The van der Waals surface area contributed by atoms with Gasteiger partial charge in [0, 0.05) is 0 Å². The molecule has 0 aliphatic carbocycles. The summed E-state index contributed by atoms with van der Waals surface area (Å²) in [6, 6.07) is 6.10. The van der Waals surface area contributed by atoms with Crippen LogP contribution in [0, 0.1) is 11.6 Å². The van der Waals surface area contributed by atoms with Gasteiger partial charge in [0.05, 0.1) is 14.7 Å². The summed E-state index contributed by atoms with van der Waals surface area (Å²) >= 11 is 0. The average molecular weight is 272 g/mol. The molecule has 0 fully saturated rings. The molecule has 1 aromatic rings. The molecule has 0 atom stereocenters. The Morgan fingerprint density at radius 1 is 0.944 bits per heavy atom. The standard InChI is InChI=1S/C14H22F2OSi/c1-5-17-11-9-10-12(14(16)13(11)15)18(6-2,7-3)8-4/h9-10H,5-8H2,1-4H3. The van der Waals surface area contributed by atoms with Crippen LogP contribution in [0.4, 0.5) is 8.78 Å².